The molecule has 0 aliphatic carbocycles. The molecule has 0 bridgehead atoms. The normalized spacial score (nSPS) is 30.2. The molecule has 1 saturated heterocycles. The molecule has 11 heteroatoms. The number of carbonyl (C=O) groups excluding carboxylic acids is 3. The summed E-state index contributed by atoms with van der Waals surface area (Å²) >= 11 is 2.62. The molecule has 1 aliphatic heterocycles. The molecule has 0 spiro atoms. The zero-order chi connectivity index (χ0) is 17.7. The third-order valence-corrected chi connectivity index (χ3v) is 3.10. The second-order valence-electron chi connectivity index (χ2n) is 4.57. The second-order valence-corrected chi connectivity index (χ2v) is 4.95. The van der Waals surface area contributed by atoms with Gasteiger partial charge in [0.25, 0.3) is 0 Å². The number of carboxylic acids is 1. The zero-order valence-corrected chi connectivity index (χ0v) is 14.0. The summed E-state index contributed by atoms with van der Waals surface area (Å²) in [6, 6.07) is 0. The third kappa shape index (κ3) is 5.15. The van der Waals surface area contributed by atoms with Crippen molar-refractivity contribution < 1.29 is 47.1 Å². The standard InChI is InChI=1S/C12H15BrO10/c1-4(14)19-7-8(20-5(2)15)10(21-6(3)16)12(23-13)22-9(7)11(17)18/h7-10,12H,1-3H3,(H,17,18)/t7-,8-,9-,10+,12+/m0/s1. The minimum Gasteiger partial charge on any atom is -0.479 e. The molecule has 0 radical (unpaired) electrons. The van der Waals surface area contributed by atoms with E-state index in [-0.39, 0.29) is 0 Å². The van der Waals surface area contributed by atoms with Crippen molar-refractivity contribution in [3.63, 3.8) is 0 Å². The van der Waals surface area contributed by atoms with Gasteiger partial charge in [0.2, 0.25) is 6.29 Å². The highest BCUT2D eigenvalue weighted by Gasteiger charge is 2.54. The number of carboxylic acid groups (broad SMARTS) is 1. The van der Waals surface area contributed by atoms with Crippen molar-refractivity contribution in [3.8, 4) is 0 Å². The summed E-state index contributed by atoms with van der Waals surface area (Å²) < 4.78 is 24.7. The maximum Gasteiger partial charge on any atom is 0.337 e. The van der Waals surface area contributed by atoms with Gasteiger partial charge in [-0.25, -0.2) is 4.79 Å². The summed E-state index contributed by atoms with van der Waals surface area (Å²) in [6.45, 7) is 3.18. The lowest BCUT2D eigenvalue weighted by Gasteiger charge is -2.41. The highest BCUT2D eigenvalue weighted by molar-refractivity contribution is 9.06. The topological polar surface area (TPSA) is 135 Å². The van der Waals surface area contributed by atoms with E-state index in [1.807, 2.05) is 0 Å². The molecule has 0 aromatic rings. The number of ether oxygens (including phenoxy) is 4. The van der Waals surface area contributed by atoms with Crippen LogP contribution in [-0.2, 0) is 42.0 Å². The van der Waals surface area contributed by atoms with Gasteiger partial charge in [-0.1, -0.05) is 0 Å². The van der Waals surface area contributed by atoms with Crippen LogP contribution in [0.5, 0.6) is 0 Å². The van der Waals surface area contributed by atoms with Gasteiger partial charge in [-0.15, -0.1) is 0 Å². The average molecular weight is 399 g/mol. The molecule has 5 atom stereocenters. The van der Waals surface area contributed by atoms with Gasteiger partial charge in [-0.05, 0) is 0 Å². The van der Waals surface area contributed by atoms with Crippen molar-refractivity contribution in [2.75, 3.05) is 0 Å². The summed E-state index contributed by atoms with van der Waals surface area (Å²) in [5.41, 5.74) is 0. The number of esters is 3. The first-order chi connectivity index (χ1) is 10.7. The van der Waals surface area contributed by atoms with Crippen molar-refractivity contribution in [2.45, 2.75) is 51.5 Å². The molecule has 1 rings (SSSR count). The SMILES string of the molecule is CC(=O)O[C@@H]1[C@@H](OC(C)=O)[C@@H](OBr)O[C@H](C(=O)O)[C@H]1OC(C)=O. The van der Waals surface area contributed by atoms with Crippen LogP contribution in [0.15, 0.2) is 0 Å². The van der Waals surface area contributed by atoms with Crippen LogP contribution in [0.1, 0.15) is 20.8 Å². The van der Waals surface area contributed by atoms with Crippen molar-refractivity contribution in [2.24, 2.45) is 0 Å². The van der Waals surface area contributed by atoms with Gasteiger partial charge in [0.1, 0.15) is 16.3 Å². The molecule has 0 aromatic heterocycles. The van der Waals surface area contributed by atoms with Gasteiger partial charge in [0.15, 0.2) is 24.4 Å². The van der Waals surface area contributed by atoms with Gasteiger partial charge in [-0.2, -0.15) is 0 Å². The monoisotopic (exact) mass is 398 g/mol. The van der Waals surface area contributed by atoms with Crippen LogP contribution >= 0.6 is 16.3 Å². The second kappa shape index (κ2) is 8.22. The van der Waals surface area contributed by atoms with E-state index in [4.69, 9.17) is 22.8 Å². The Labute approximate surface area is 139 Å². The molecule has 0 unspecified atom stereocenters. The lowest BCUT2D eigenvalue weighted by Crippen LogP contribution is -2.63. The van der Waals surface area contributed by atoms with Crippen molar-refractivity contribution >= 4 is 40.1 Å². The molecule has 0 saturated carbocycles. The van der Waals surface area contributed by atoms with Crippen LogP contribution in [0.2, 0.25) is 0 Å². The number of hydrogen-bond donors (Lipinski definition) is 1. The quantitative estimate of drug-likeness (QED) is 0.494. The number of aliphatic carboxylic acids is 1. The first kappa shape index (κ1) is 19.3. The Morgan fingerprint density at radius 2 is 1.30 bits per heavy atom. The molecule has 10 nitrogen and oxygen atoms in total. The van der Waals surface area contributed by atoms with Crippen molar-refractivity contribution in [3.05, 3.63) is 0 Å². The predicted octanol–water partition coefficient (Wildman–Crippen LogP) is -0.0825. The Balaban J connectivity index is 3.25. The van der Waals surface area contributed by atoms with E-state index in [9.17, 15) is 24.3 Å². The van der Waals surface area contributed by atoms with Crippen molar-refractivity contribution in [1.29, 1.82) is 0 Å². The van der Waals surface area contributed by atoms with E-state index >= 15 is 0 Å². The van der Waals surface area contributed by atoms with E-state index in [1.165, 1.54) is 0 Å². The maximum atomic E-state index is 11.3. The summed E-state index contributed by atoms with van der Waals surface area (Å²) in [7, 11) is 0. The number of hydrogen-bond acceptors (Lipinski definition) is 9. The highest BCUT2D eigenvalue weighted by Crippen LogP contribution is 2.30. The predicted molar refractivity (Wildman–Crippen MR) is 73.0 cm³/mol. The van der Waals surface area contributed by atoms with E-state index in [1.54, 1.807) is 0 Å². The van der Waals surface area contributed by atoms with Crippen LogP contribution in [0.25, 0.3) is 0 Å². The summed E-state index contributed by atoms with van der Waals surface area (Å²) in [5.74, 6) is -3.88. The number of rotatable bonds is 5. The lowest BCUT2D eigenvalue weighted by molar-refractivity contribution is -0.277. The molecule has 1 aliphatic rings. The van der Waals surface area contributed by atoms with Gasteiger partial charge >= 0.3 is 23.9 Å². The summed E-state index contributed by atoms with van der Waals surface area (Å²) in [6.07, 6.45) is -7.42. The Kier molecular flexibility index (Phi) is 6.91. The van der Waals surface area contributed by atoms with Crippen LogP contribution in [-0.4, -0.2) is 59.7 Å². The fourth-order valence-electron chi connectivity index (χ4n) is 2.04. The maximum absolute atomic E-state index is 11.3. The highest BCUT2D eigenvalue weighted by atomic mass is 79.9. The molecule has 130 valence electrons. The van der Waals surface area contributed by atoms with Crippen molar-refractivity contribution in [1.82, 2.24) is 0 Å². The molecule has 1 fully saturated rings. The minimum absolute atomic E-state index is 0.763. The van der Waals surface area contributed by atoms with E-state index < -0.39 is 54.6 Å². The largest absolute Gasteiger partial charge is 0.479 e. The van der Waals surface area contributed by atoms with E-state index in [0.717, 1.165) is 20.8 Å². The molecule has 23 heavy (non-hydrogen) atoms. The molecular weight excluding hydrogens is 384 g/mol. The first-order valence-electron chi connectivity index (χ1n) is 6.34. The average Bonchev–Trinajstić information content (AvgIpc) is 2.40. The fourth-order valence-corrected chi connectivity index (χ4v) is 2.35. The number of carbonyl (C=O) groups is 4. The first-order valence-corrected chi connectivity index (χ1v) is 6.99. The Bertz CT molecular complexity index is 492. The molecular formula is C12H15BrO10. The van der Waals surface area contributed by atoms with Gasteiger partial charge in [-0.3, -0.25) is 18.2 Å². The Morgan fingerprint density at radius 1 is 0.870 bits per heavy atom. The van der Waals surface area contributed by atoms with Gasteiger partial charge in [0, 0.05) is 20.8 Å². The van der Waals surface area contributed by atoms with Crippen LogP contribution in [0.3, 0.4) is 0 Å². The minimum atomic E-state index is -1.70. The third-order valence-electron chi connectivity index (χ3n) is 2.73. The van der Waals surface area contributed by atoms with Gasteiger partial charge < -0.3 is 24.1 Å². The summed E-state index contributed by atoms with van der Waals surface area (Å²) in [4.78, 5) is 45.1. The Hall–Kier alpha value is -1.72. The van der Waals surface area contributed by atoms with E-state index in [0.29, 0.717) is 0 Å². The number of halogens is 1. The zero-order valence-electron chi connectivity index (χ0n) is 12.4. The van der Waals surface area contributed by atoms with Crippen LogP contribution in [0, 0.1) is 0 Å². The Morgan fingerprint density at radius 3 is 1.70 bits per heavy atom. The van der Waals surface area contributed by atoms with Crippen LogP contribution < -0.4 is 0 Å². The van der Waals surface area contributed by atoms with Crippen LogP contribution in [0.4, 0.5) is 0 Å². The molecule has 1 heterocycles. The molecule has 1 N–H and O–H groups in total. The smallest absolute Gasteiger partial charge is 0.337 e. The van der Waals surface area contributed by atoms with E-state index in [2.05, 4.69) is 16.3 Å². The lowest BCUT2D eigenvalue weighted by atomic mass is 9.98. The molecule has 0 amide bonds. The van der Waals surface area contributed by atoms with Gasteiger partial charge in [0.05, 0.1) is 0 Å². The fraction of sp³-hybridized carbons (Fsp3) is 0.667. The molecule has 0 aromatic carbocycles. The summed E-state index contributed by atoms with van der Waals surface area (Å²) in [5, 5.41) is 9.22.